The molecule has 0 aliphatic rings. The van der Waals surface area contributed by atoms with Crippen molar-refractivity contribution < 1.29 is 9.63 Å². The lowest BCUT2D eigenvalue weighted by Crippen LogP contribution is -2.14. The van der Waals surface area contributed by atoms with Crippen LogP contribution in [-0.2, 0) is 6.42 Å². The summed E-state index contributed by atoms with van der Waals surface area (Å²) >= 11 is 0. The Balaban J connectivity index is 1.73. The number of hydrogen-bond donors (Lipinski definition) is 3. The number of aromatic nitrogens is 3. The predicted molar refractivity (Wildman–Crippen MR) is 133 cm³/mol. The third-order valence-electron chi connectivity index (χ3n) is 5.60. The number of anilines is 1. The highest BCUT2D eigenvalue weighted by atomic mass is 16.5. The van der Waals surface area contributed by atoms with Gasteiger partial charge in [-0.2, -0.15) is 0 Å². The summed E-state index contributed by atoms with van der Waals surface area (Å²) in [5.41, 5.74) is 6.60. The van der Waals surface area contributed by atoms with E-state index in [0.29, 0.717) is 23.6 Å². The summed E-state index contributed by atoms with van der Waals surface area (Å²) in [6.07, 6.45) is 3.89. The highest BCUT2D eigenvalue weighted by Crippen LogP contribution is 2.31. The van der Waals surface area contributed by atoms with E-state index in [0.717, 1.165) is 33.6 Å². The van der Waals surface area contributed by atoms with Crippen LogP contribution in [0.15, 0.2) is 77.8 Å². The lowest BCUT2D eigenvalue weighted by molar-refractivity contribution is 0.393. The second-order valence-electron chi connectivity index (χ2n) is 8.25. The maximum Gasteiger partial charge on any atom is 0.141 e. The third-order valence-corrected chi connectivity index (χ3v) is 5.60. The minimum Gasteiger partial charge on any atom is -0.513 e. The Hall–Kier alpha value is -4.26. The quantitative estimate of drug-likeness (QED) is 0.225. The van der Waals surface area contributed by atoms with Gasteiger partial charge in [0.2, 0.25) is 0 Å². The zero-order valence-electron chi connectivity index (χ0n) is 19.5. The fourth-order valence-electron chi connectivity index (χ4n) is 3.91. The summed E-state index contributed by atoms with van der Waals surface area (Å²) in [6.45, 7) is 9.33. The number of rotatable bonds is 8. The average molecular weight is 454 g/mol. The van der Waals surface area contributed by atoms with Gasteiger partial charge in [-0.3, -0.25) is 15.4 Å². The highest BCUT2D eigenvalue weighted by Gasteiger charge is 2.19. The molecule has 3 N–H and O–H groups in total. The summed E-state index contributed by atoms with van der Waals surface area (Å²) in [5.74, 6) is 0.821. The lowest BCUT2D eigenvalue weighted by Gasteiger charge is -2.19. The molecule has 0 spiro atoms. The molecule has 4 rings (SSSR count). The minimum atomic E-state index is -0.104. The Labute approximate surface area is 198 Å². The Kier molecular flexibility index (Phi) is 6.54. The Morgan fingerprint density at radius 2 is 1.91 bits per heavy atom. The van der Waals surface area contributed by atoms with E-state index < -0.39 is 0 Å². The van der Waals surface area contributed by atoms with Crippen molar-refractivity contribution in [1.29, 1.82) is 5.41 Å². The maximum atomic E-state index is 9.45. The standard InChI is InChI=1S/C27H27N5O2/c1-16(33)13-20-8-10-21(11-9-20)26(28)27-24(31-17(2)23-7-5-6-12-29-23)14-22(15-30-27)25-18(3)32-34-19(25)4/h5-12,14-15,17,28,31,33H,1,13H2,2-4H3/t17-/m0/s1. The van der Waals surface area contributed by atoms with Gasteiger partial charge in [-0.25, -0.2) is 0 Å². The molecule has 0 bridgehead atoms. The van der Waals surface area contributed by atoms with Crippen LogP contribution < -0.4 is 5.32 Å². The second-order valence-corrected chi connectivity index (χ2v) is 8.25. The van der Waals surface area contributed by atoms with Gasteiger partial charge in [0, 0.05) is 35.5 Å². The summed E-state index contributed by atoms with van der Waals surface area (Å²) in [4.78, 5) is 9.13. The van der Waals surface area contributed by atoms with E-state index in [2.05, 4.69) is 27.0 Å². The van der Waals surface area contributed by atoms with Gasteiger partial charge in [0.25, 0.3) is 0 Å². The van der Waals surface area contributed by atoms with Crippen molar-refractivity contribution in [3.05, 3.63) is 107 Å². The number of allylic oxidation sites excluding steroid dienone is 1. The topological polar surface area (TPSA) is 108 Å². The van der Waals surface area contributed by atoms with Gasteiger partial charge in [0.1, 0.15) is 11.5 Å². The van der Waals surface area contributed by atoms with E-state index in [1.54, 1.807) is 12.4 Å². The van der Waals surface area contributed by atoms with Gasteiger partial charge in [-0.15, -0.1) is 0 Å². The molecule has 0 saturated carbocycles. The van der Waals surface area contributed by atoms with Crippen molar-refractivity contribution in [2.45, 2.75) is 33.2 Å². The molecule has 4 aromatic rings. The molecular weight excluding hydrogens is 426 g/mol. The van der Waals surface area contributed by atoms with Crippen molar-refractivity contribution in [2.24, 2.45) is 0 Å². The van der Waals surface area contributed by atoms with Crippen LogP contribution in [-0.4, -0.2) is 25.9 Å². The van der Waals surface area contributed by atoms with E-state index in [9.17, 15) is 5.11 Å². The molecular formula is C27H27N5O2. The average Bonchev–Trinajstić information content (AvgIpc) is 3.17. The molecule has 0 amide bonds. The van der Waals surface area contributed by atoms with Crippen LogP contribution in [0.1, 0.15) is 46.9 Å². The normalized spacial score (nSPS) is 11.7. The maximum absolute atomic E-state index is 9.45. The van der Waals surface area contributed by atoms with Crippen LogP contribution in [0.2, 0.25) is 0 Å². The number of nitrogens with zero attached hydrogens (tertiary/aromatic N) is 3. The number of hydrogen-bond acceptors (Lipinski definition) is 7. The summed E-state index contributed by atoms with van der Waals surface area (Å²) in [6, 6.07) is 15.1. The monoisotopic (exact) mass is 453 g/mol. The summed E-state index contributed by atoms with van der Waals surface area (Å²) in [7, 11) is 0. The van der Waals surface area contributed by atoms with E-state index in [1.165, 1.54) is 0 Å². The minimum absolute atomic E-state index is 0.104. The number of aliphatic hydroxyl groups is 1. The lowest BCUT2D eigenvalue weighted by atomic mass is 9.99. The van der Waals surface area contributed by atoms with Crippen LogP contribution in [0.5, 0.6) is 0 Å². The van der Waals surface area contributed by atoms with Gasteiger partial charge >= 0.3 is 0 Å². The van der Waals surface area contributed by atoms with Gasteiger partial charge in [-0.05, 0) is 44.5 Å². The third kappa shape index (κ3) is 4.88. The SMILES string of the molecule is C=C(O)Cc1ccc(C(=N)c2ncc(-c3c(C)noc3C)cc2N[C@@H](C)c2ccccn2)cc1. The molecule has 0 fully saturated rings. The number of aliphatic hydroxyl groups excluding tert-OH is 1. The number of nitrogens with one attached hydrogen (secondary N) is 2. The molecule has 1 aromatic carbocycles. The zero-order chi connectivity index (χ0) is 24.2. The summed E-state index contributed by atoms with van der Waals surface area (Å²) < 4.78 is 5.35. The molecule has 0 unspecified atom stereocenters. The van der Waals surface area contributed by atoms with E-state index in [4.69, 9.17) is 9.93 Å². The largest absolute Gasteiger partial charge is 0.513 e. The number of pyridine rings is 2. The molecule has 3 heterocycles. The van der Waals surface area contributed by atoms with E-state index in [-0.39, 0.29) is 17.5 Å². The van der Waals surface area contributed by atoms with Crippen LogP contribution in [0, 0.1) is 19.3 Å². The molecule has 0 saturated heterocycles. The molecule has 3 aromatic heterocycles. The van der Waals surface area contributed by atoms with Gasteiger partial charge < -0.3 is 14.9 Å². The van der Waals surface area contributed by atoms with Crippen molar-refractivity contribution in [2.75, 3.05) is 5.32 Å². The molecule has 0 aliphatic heterocycles. The second kappa shape index (κ2) is 9.70. The molecule has 0 radical (unpaired) electrons. The molecule has 7 nitrogen and oxygen atoms in total. The first kappa shape index (κ1) is 22.9. The fraction of sp³-hybridized carbons (Fsp3) is 0.185. The smallest absolute Gasteiger partial charge is 0.141 e. The van der Waals surface area contributed by atoms with Crippen LogP contribution in [0.3, 0.4) is 0 Å². The Morgan fingerprint density at radius 3 is 2.53 bits per heavy atom. The zero-order valence-corrected chi connectivity index (χ0v) is 19.5. The van der Waals surface area contributed by atoms with E-state index >= 15 is 0 Å². The Bertz CT molecular complexity index is 1310. The van der Waals surface area contributed by atoms with Crippen LogP contribution in [0.4, 0.5) is 5.69 Å². The van der Waals surface area contributed by atoms with Crippen molar-refractivity contribution in [3.63, 3.8) is 0 Å². The molecule has 0 aliphatic carbocycles. The predicted octanol–water partition coefficient (Wildman–Crippen LogP) is 5.95. The first-order valence-electron chi connectivity index (χ1n) is 11.0. The van der Waals surface area contributed by atoms with Crippen molar-refractivity contribution in [3.8, 4) is 11.1 Å². The van der Waals surface area contributed by atoms with Gasteiger partial charge in [0.15, 0.2) is 0 Å². The first-order chi connectivity index (χ1) is 16.3. The first-order valence-corrected chi connectivity index (χ1v) is 11.0. The fourth-order valence-corrected chi connectivity index (χ4v) is 3.91. The molecule has 34 heavy (non-hydrogen) atoms. The highest BCUT2D eigenvalue weighted by molar-refractivity contribution is 6.13. The molecule has 1 atom stereocenters. The van der Waals surface area contributed by atoms with Crippen LogP contribution in [0.25, 0.3) is 11.1 Å². The number of benzene rings is 1. The summed E-state index contributed by atoms with van der Waals surface area (Å²) in [5, 5.41) is 25.9. The van der Waals surface area contributed by atoms with E-state index in [1.807, 2.05) is 69.3 Å². The van der Waals surface area contributed by atoms with Gasteiger partial charge in [0.05, 0.1) is 34.6 Å². The van der Waals surface area contributed by atoms with Gasteiger partial charge in [-0.1, -0.05) is 42.1 Å². The van der Waals surface area contributed by atoms with Crippen molar-refractivity contribution >= 4 is 11.4 Å². The van der Waals surface area contributed by atoms with Crippen LogP contribution >= 0.6 is 0 Å². The Morgan fingerprint density at radius 1 is 1.15 bits per heavy atom. The molecule has 172 valence electrons. The number of aryl methyl sites for hydroxylation is 2. The van der Waals surface area contributed by atoms with Crippen molar-refractivity contribution in [1.82, 2.24) is 15.1 Å². The molecule has 7 heteroatoms.